The number of aromatic nitrogens is 1. The van der Waals surface area contributed by atoms with Gasteiger partial charge in [-0.2, -0.15) is 0 Å². The summed E-state index contributed by atoms with van der Waals surface area (Å²) in [5.41, 5.74) is 4.95. The van der Waals surface area contributed by atoms with Gasteiger partial charge in [-0.05, 0) is 60.4 Å². The van der Waals surface area contributed by atoms with Crippen LogP contribution in [0.4, 0.5) is 4.39 Å². The summed E-state index contributed by atoms with van der Waals surface area (Å²) in [7, 11) is 0. The van der Waals surface area contributed by atoms with Crippen LogP contribution in [0.2, 0.25) is 0 Å². The summed E-state index contributed by atoms with van der Waals surface area (Å²) >= 11 is 0. The monoisotopic (exact) mass is 401 g/mol. The molecule has 0 atom stereocenters. The first-order chi connectivity index (χ1) is 14.5. The van der Waals surface area contributed by atoms with E-state index in [-0.39, 0.29) is 11.7 Å². The second-order valence-electron chi connectivity index (χ2n) is 7.79. The van der Waals surface area contributed by atoms with Gasteiger partial charge in [-0.15, -0.1) is 0 Å². The van der Waals surface area contributed by atoms with Gasteiger partial charge in [-0.3, -0.25) is 4.79 Å². The topological polar surface area (TPSA) is 31.2 Å². The summed E-state index contributed by atoms with van der Waals surface area (Å²) in [5.74, 6) is 0.572. The van der Waals surface area contributed by atoms with Crippen LogP contribution in [0.15, 0.2) is 66.7 Å². The largest absolute Gasteiger partial charge is 0.489 e. The van der Waals surface area contributed by atoms with Crippen LogP contribution in [0, 0.1) is 12.7 Å². The Balaban J connectivity index is 1.84. The van der Waals surface area contributed by atoms with Crippen molar-refractivity contribution in [3.05, 3.63) is 94.9 Å². The molecule has 0 unspecified atom stereocenters. The molecule has 3 nitrogen and oxygen atoms in total. The van der Waals surface area contributed by atoms with Gasteiger partial charge < -0.3 is 9.30 Å². The predicted molar refractivity (Wildman–Crippen MR) is 118 cm³/mol. The predicted octanol–water partition coefficient (Wildman–Crippen LogP) is 6.59. The Kier molecular flexibility index (Phi) is 5.40. The van der Waals surface area contributed by atoms with Gasteiger partial charge in [-0.25, -0.2) is 4.39 Å². The summed E-state index contributed by atoms with van der Waals surface area (Å²) in [4.78, 5) is 12.1. The van der Waals surface area contributed by atoms with Gasteiger partial charge in [0.2, 0.25) is 0 Å². The zero-order valence-electron chi connectivity index (χ0n) is 17.4. The second-order valence-corrected chi connectivity index (χ2v) is 7.79. The van der Waals surface area contributed by atoms with E-state index in [1.807, 2.05) is 54.6 Å². The molecule has 0 N–H and O–H groups in total. The van der Waals surface area contributed by atoms with Crippen molar-refractivity contribution >= 4 is 17.2 Å². The third-order valence-electron chi connectivity index (χ3n) is 5.33. The van der Waals surface area contributed by atoms with Crippen molar-refractivity contribution in [3.8, 4) is 11.4 Å². The van der Waals surface area contributed by atoms with Crippen molar-refractivity contribution in [1.29, 1.82) is 0 Å². The van der Waals surface area contributed by atoms with E-state index in [9.17, 15) is 9.18 Å². The highest BCUT2D eigenvalue weighted by atomic mass is 19.1. The van der Waals surface area contributed by atoms with Crippen molar-refractivity contribution in [3.63, 3.8) is 0 Å². The molecule has 4 aromatic rings. The fraction of sp³-hybridized carbons (Fsp3) is 0.192. The zero-order valence-corrected chi connectivity index (χ0v) is 17.4. The first-order valence-corrected chi connectivity index (χ1v) is 10.1. The molecule has 0 bridgehead atoms. The van der Waals surface area contributed by atoms with Crippen LogP contribution in [0.3, 0.4) is 0 Å². The van der Waals surface area contributed by atoms with Crippen molar-refractivity contribution in [2.45, 2.75) is 33.3 Å². The van der Waals surface area contributed by atoms with Gasteiger partial charge in [0.25, 0.3) is 0 Å². The molecule has 1 aromatic heterocycles. The molecular weight excluding hydrogens is 377 g/mol. The number of benzene rings is 3. The van der Waals surface area contributed by atoms with Crippen molar-refractivity contribution in [2.24, 2.45) is 0 Å². The molecule has 152 valence electrons. The van der Waals surface area contributed by atoms with Crippen LogP contribution in [-0.4, -0.2) is 10.9 Å². The van der Waals surface area contributed by atoms with Gasteiger partial charge in [0.15, 0.2) is 6.29 Å². The number of carbonyl (C=O) groups is 1. The van der Waals surface area contributed by atoms with E-state index in [4.69, 9.17) is 4.74 Å². The highest BCUT2D eigenvalue weighted by Gasteiger charge is 2.21. The lowest BCUT2D eigenvalue weighted by Gasteiger charge is -2.15. The maximum absolute atomic E-state index is 13.9. The van der Waals surface area contributed by atoms with E-state index in [0.29, 0.717) is 23.5 Å². The van der Waals surface area contributed by atoms with Gasteiger partial charge >= 0.3 is 0 Å². The molecule has 0 aliphatic rings. The lowest BCUT2D eigenvalue weighted by atomic mass is 10.0. The molecule has 0 aliphatic heterocycles. The van der Waals surface area contributed by atoms with Gasteiger partial charge in [0, 0.05) is 22.3 Å². The third kappa shape index (κ3) is 3.61. The standard InChI is InChI=1S/C26H24FNO2/c1-17(2)26-23(15-29)22-14-21(30-16-19-7-5-4-6-8-19)10-12-25(22)28(26)20-9-11-24(27)18(3)13-20/h4-15,17H,16H2,1-3H3. The molecule has 4 heteroatoms. The average molecular weight is 401 g/mol. The van der Waals surface area contributed by atoms with E-state index in [0.717, 1.165) is 34.1 Å². The Morgan fingerprint density at radius 2 is 1.80 bits per heavy atom. The number of hydrogen-bond acceptors (Lipinski definition) is 2. The number of ether oxygens (including phenoxy) is 1. The number of aldehydes is 1. The lowest BCUT2D eigenvalue weighted by molar-refractivity contribution is 0.112. The Morgan fingerprint density at radius 3 is 2.47 bits per heavy atom. The van der Waals surface area contributed by atoms with Gasteiger partial charge in [0.1, 0.15) is 18.2 Å². The van der Waals surface area contributed by atoms with Crippen LogP contribution < -0.4 is 4.74 Å². The molecule has 0 amide bonds. The van der Waals surface area contributed by atoms with Crippen LogP contribution in [0.1, 0.15) is 46.9 Å². The normalized spacial score (nSPS) is 11.2. The second kappa shape index (κ2) is 8.15. The number of halogens is 1. The highest BCUT2D eigenvalue weighted by molar-refractivity contribution is 6.01. The van der Waals surface area contributed by atoms with Crippen LogP contribution in [0.5, 0.6) is 5.75 Å². The molecule has 0 saturated heterocycles. The van der Waals surface area contributed by atoms with Crippen LogP contribution >= 0.6 is 0 Å². The first-order valence-electron chi connectivity index (χ1n) is 10.1. The number of aryl methyl sites for hydroxylation is 1. The fourth-order valence-corrected chi connectivity index (χ4v) is 3.88. The van der Waals surface area contributed by atoms with Crippen LogP contribution in [0.25, 0.3) is 16.6 Å². The zero-order chi connectivity index (χ0) is 21.3. The van der Waals surface area contributed by atoms with Crippen molar-refractivity contribution < 1.29 is 13.9 Å². The van der Waals surface area contributed by atoms with Crippen molar-refractivity contribution in [1.82, 2.24) is 4.57 Å². The Bertz CT molecular complexity index is 1210. The molecule has 0 fully saturated rings. The maximum atomic E-state index is 13.9. The number of nitrogens with zero attached hydrogens (tertiary/aromatic N) is 1. The molecule has 0 spiro atoms. The van der Waals surface area contributed by atoms with Crippen molar-refractivity contribution in [2.75, 3.05) is 0 Å². The fourth-order valence-electron chi connectivity index (χ4n) is 3.88. The van der Waals surface area contributed by atoms with E-state index >= 15 is 0 Å². The first kappa shape index (κ1) is 19.9. The van der Waals surface area contributed by atoms with Gasteiger partial charge in [-0.1, -0.05) is 44.2 Å². The van der Waals surface area contributed by atoms with E-state index < -0.39 is 0 Å². The Labute approximate surface area is 175 Å². The number of rotatable bonds is 6. The summed E-state index contributed by atoms with van der Waals surface area (Å²) in [6.45, 7) is 6.31. The summed E-state index contributed by atoms with van der Waals surface area (Å²) in [6.07, 6.45) is 0.908. The Morgan fingerprint density at radius 1 is 1.03 bits per heavy atom. The molecule has 4 rings (SSSR count). The molecule has 0 saturated carbocycles. The minimum Gasteiger partial charge on any atom is -0.489 e. The number of fused-ring (bicyclic) bond motifs is 1. The SMILES string of the molecule is Cc1cc(-n2c(C(C)C)c(C=O)c3cc(OCc4ccccc4)ccc32)ccc1F. The summed E-state index contributed by atoms with van der Waals surface area (Å²) in [6, 6.07) is 20.8. The molecule has 3 aromatic carbocycles. The van der Waals surface area contributed by atoms with E-state index in [1.54, 1.807) is 13.0 Å². The molecular formula is C26H24FNO2. The summed E-state index contributed by atoms with van der Waals surface area (Å²) in [5, 5.41) is 0.834. The minimum atomic E-state index is -0.242. The maximum Gasteiger partial charge on any atom is 0.152 e. The molecule has 0 aliphatic carbocycles. The van der Waals surface area contributed by atoms with Gasteiger partial charge in [0.05, 0.1) is 5.52 Å². The van der Waals surface area contributed by atoms with E-state index in [1.165, 1.54) is 6.07 Å². The molecule has 30 heavy (non-hydrogen) atoms. The highest BCUT2D eigenvalue weighted by Crippen LogP contribution is 2.35. The minimum absolute atomic E-state index is 0.108. The third-order valence-corrected chi connectivity index (χ3v) is 5.33. The molecule has 1 heterocycles. The number of hydrogen-bond donors (Lipinski definition) is 0. The average Bonchev–Trinajstić information content (AvgIpc) is 3.09. The summed E-state index contributed by atoms with van der Waals surface area (Å²) < 4.78 is 21.9. The Hall–Kier alpha value is -3.40. The van der Waals surface area contributed by atoms with Crippen LogP contribution in [-0.2, 0) is 6.61 Å². The smallest absolute Gasteiger partial charge is 0.152 e. The quantitative estimate of drug-likeness (QED) is 0.341. The molecule has 0 radical (unpaired) electrons. The van der Waals surface area contributed by atoms with E-state index in [2.05, 4.69) is 18.4 Å². The number of carbonyl (C=O) groups excluding carboxylic acids is 1. The lowest BCUT2D eigenvalue weighted by Crippen LogP contribution is -2.04.